The normalized spacial score (nSPS) is 25.4. The van der Waals surface area contributed by atoms with E-state index in [1.54, 1.807) is 4.90 Å². The Hall–Kier alpha value is -1.58. The number of unbranched alkanes of at least 4 members (excludes halogenated alkanes) is 3. The van der Waals surface area contributed by atoms with Crippen molar-refractivity contribution in [3.05, 3.63) is 23.5 Å². The minimum Gasteiger partial charge on any atom is -0.507 e. The predicted molar refractivity (Wildman–Crippen MR) is 77.3 cm³/mol. The molecule has 2 aliphatic heterocycles. The zero-order chi connectivity index (χ0) is 14.5. The first kappa shape index (κ1) is 14.8. The lowest BCUT2D eigenvalue weighted by molar-refractivity contribution is -0.128. The number of nitrogens with zero attached hydrogens (tertiary/aromatic N) is 1. The minimum atomic E-state index is -0.332. The second kappa shape index (κ2) is 6.73. The standard InChI is InChI=1S/C16H23NO3/c1-2-3-4-5-6-10-13(18)14-15(19)12-9-7-8-11-17(12)16(14)20/h6,10,12,18H,2-5,7-9,11H2,1H3/b10-6+,14-13-/t12-/m0/s1. The van der Waals surface area contributed by atoms with Crippen LogP contribution in [0.4, 0.5) is 0 Å². The number of aliphatic hydroxyl groups excluding tert-OH is 1. The van der Waals surface area contributed by atoms with Gasteiger partial charge in [0.1, 0.15) is 11.3 Å². The Morgan fingerprint density at radius 2 is 2.15 bits per heavy atom. The Balaban J connectivity index is 2.07. The first-order valence-corrected chi connectivity index (χ1v) is 7.61. The number of carbonyl (C=O) groups excluding carboxylic acids is 2. The molecule has 2 aliphatic rings. The summed E-state index contributed by atoms with van der Waals surface area (Å²) < 4.78 is 0. The van der Waals surface area contributed by atoms with Crippen LogP contribution in [0.25, 0.3) is 0 Å². The minimum absolute atomic E-state index is 0.0105. The number of piperidine rings is 1. The summed E-state index contributed by atoms with van der Waals surface area (Å²) in [5, 5.41) is 10.0. The second-order valence-electron chi connectivity index (χ2n) is 5.53. The monoisotopic (exact) mass is 277 g/mol. The molecule has 0 aliphatic carbocycles. The summed E-state index contributed by atoms with van der Waals surface area (Å²) in [6.45, 7) is 2.77. The zero-order valence-electron chi connectivity index (χ0n) is 12.1. The van der Waals surface area contributed by atoms with E-state index >= 15 is 0 Å². The van der Waals surface area contributed by atoms with Crippen LogP contribution in [0.3, 0.4) is 0 Å². The van der Waals surface area contributed by atoms with Crippen LogP contribution < -0.4 is 0 Å². The molecule has 0 saturated carbocycles. The summed E-state index contributed by atoms with van der Waals surface area (Å²) in [4.78, 5) is 26.0. The van der Waals surface area contributed by atoms with Crippen molar-refractivity contribution in [3.63, 3.8) is 0 Å². The Morgan fingerprint density at radius 1 is 1.35 bits per heavy atom. The molecule has 2 fully saturated rings. The topological polar surface area (TPSA) is 57.6 Å². The van der Waals surface area contributed by atoms with Crippen LogP contribution in [0.15, 0.2) is 23.5 Å². The summed E-state index contributed by atoms with van der Waals surface area (Å²) in [6.07, 6.45) is 10.2. The van der Waals surface area contributed by atoms with Crippen molar-refractivity contribution in [2.75, 3.05) is 6.54 Å². The Kier molecular flexibility index (Phi) is 4.99. The van der Waals surface area contributed by atoms with E-state index in [2.05, 4.69) is 6.92 Å². The fourth-order valence-electron chi connectivity index (χ4n) is 2.89. The van der Waals surface area contributed by atoms with Gasteiger partial charge in [-0.2, -0.15) is 0 Å². The van der Waals surface area contributed by atoms with Crippen molar-refractivity contribution < 1.29 is 14.7 Å². The summed E-state index contributed by atoms with van der Waals surface area (Å²) in [5.41, 5.74) is -0.0105. The van der Waals surface area contributed by atoms with Gasteiger partial charge in [-0.3, -0.25) is 9.59 Å². The van der Waals surface area contributed by atoms with Gasteiger partial charge >= 0.3 is 0 Å². The van der Waals surface area contributed by atoms with E-state index in [-0.39, 0.29) is 29.1 Å². The Bertz CT molecular complexity index is 425. The Morgan fingerprint density at radius 3 is 2.85 bits per heavy atom. The maximum Gasteiger partial charge on any atom is 0.261 e. The fourth-order valence-corrected chi connectivity index (χ4v) is 2.89. The molecular formula is C16H23NO3. The number of rotatable bonds is 5. The molecule has 2 saturated heterocycles. The van der Waals surface area contributed by atoms with Gasteiger partial charge in [-0.1, -0.05) is 25.8 Å². The molecule has 4 nitrogen and oxygen atoms in total. The summed E-state index contributed by atoms with van der Waals surface area (Å²) in [7, 11) is 0. The number of allylic oxidation sites excluding steroid dienone is 2. The molecule has 1 atom stereocenters. The zero-order valence-corrected chi connectivity index (χ0v) is 12.1. The lowest BCUT2D eigenvalue weighted by Crippen LogP contribution is -2.39. The van der Waals surface area contributed by atoms with Crippen molar-refractivity contribution in [1.29, 1.82) is 0 Å². The number of aliphatic hydroxyl groups is 1. The van der Waals surface area contributed by atoms with Gasteiger partial charge in [0.05, 0.1) is 6.04 Å². The highest BCUT2D eigenvalue weighted by Crippen LogP contribution is 2.30. The molecule has 0 aromatic rings. The third-order valence-electron chi connectivity index (χ3n) is 4.03. The van der Waals surface area contributed by atoms with Gasteiger partial charge in [-0.05, 0) is 38.2 Å². The maximum absolute atomic E-state index is 12.2. The average molecular weight is 277 g/mol. The largest absolute Gasteiger partial charge is 0.507 e. The van der Waals surface area contributed by atoms with Crippen LogP contribution in [-0.2, 0) is 9.59 Å². The highest BCUT2D eigenvalue weighted by molar-refractivity contribution is 6.27. The number of carbonyl (C=O) groups is 2. The molecule has 0 spiro atoms. The van der Waals surface area contributed by atoms with Crippen LogP contribution in [-0.4, -0.2) is 34.3 Å². The third-order valence-corrected chi connectivity index (χ3v) is 4.03. The molecule has 0 unspecified atom stereocenters. The van der Waals surface area contributed by atoms with Gasteiger partial charge in [-0.25, -0.2) is 0 Å². The Labute approximate surface area is 120 Å². The highest BCUT2D eigenvalue weighted by atomic mass is 16.3. The molecule has 4 heteroatoms. The summed E-state index contributed by atoms with van der Waals surface area (Å²) >= 11 is 0. The summed E-state index contributed by atoms with van der Waals surface area (Å²) in [5.74, 6) is -0.660. The number of hydrogen-bond acceptors (Lipinski definition) is 3. The molecule has 2 rings (SSSR count). The van der Waals surface area contributed by atoms with Gasteiger partial charge in [0.25, 0.3) is 5.91 Å². The molecule has 0 aromatic carbocycles. The van der Waals surface area contributed by atoms with Crippen molar-refractivity contribution >= 4 is 11.7 Å². The first-order valence-electron chi connectivity index (χ1n) is 7.61. The van der Waals surface area contributed by atoms with E-state index in [0.717, 1.165) is 44.9 Å². The van der Waals surface area contributed by atoms with Gasteiger partial charge in [0, 0.05) is 6.54 Å². The SMILES string of the molecule is CCCCC/C=C/C(O)=C1\C(=O)[C@@H]2CCCCN2C1=O. The molecule has 0 radical (unpaired) electrons. The van der Waals surface area contributed by atoms with Crippen molar-refractivity contribution in [1.82, 2.24) is 4.90 Å². The number of ketones is 1. The first-order chi connectivity index (χ1) is 9.66. The fraction of sp³-hybridized carbons (Fsp3) is 0.625. The van der Waals surface area contributed by atoms with Crippen LogP contribution >= 0.6 is 0 Å². The molecule has 1 N–H and O–H groups in total. The molecule has 110 valence electrons. The van der Waals surface area contributed by atoms with Crippen LogP contribution in [0.2, 0.25) is 0 Å². The average Bonchev–Trinajstić information content (AvgIpc) is 2.71. The third kappa shape index (κ3) is 2.94. The number of hydrogen-bond donors (Lipinski definition) is 1. The van der Waals surface area contributed by atoms with Crippen LogP contribution in [0.5, 0.6) is 0 Å². The van der Waals surface area contributed by atoms with Gasteiger partial charge in [0.2, 0.25) is 0 Å². The molecule has 2 heterocycles. The number of fused-ring (bicyclic) bond motifs is 1. The van der Waals surface area contributed by atoms with Gasteiger partial charge in [0.15, 0.2) is 5.78 Å². The van der Waals surface area contributed by atoms with E-state index < -0.39 is 0 Å². The van der Waals surface area contributed by atoms with E-state index in [1.807, 2.05) is 6.08 Å². The molecule has 20 heavy (non-hydrogen) atoms. The molecule has 1 amide bonds. The van der Waals surface area contributed by atoms with E-state index in [4.69, 9.17) is 0 Å². The second-order valence-corrected chi connectivity index (χ2v) is 5.53. The predicted octanol–water partition coefficient (Wildman–Crippen LogP) is 2.90. The van der Waals surface area contributed by atoms with Crippen LogP contribution in [0, 0.1) is 0 Å². The number of Topliss-reactive ketones (excluding diaryl/α,β-unsaturated/α-hetero) is 1. The smallest absolute Gasteiger partial charge is 0.261 e. The lowest BCUT2D eigenvalue weighted by Gasteiger charge is -2.27. The molecular weight excluding hydrogens is 254 g/mol. The number of amides is 1. The van der Waals surface area contributed by atoms with E-state index in [0.29, 0.717) is 6.54 Å². The van der Waals surface area contributed by atoms with Crippen LogP contribution in [0.1, 0.15) is 51.9 Å². The highest BCUT2D eigenvalue weighted by Gasteiger charge is 2.45. The van der Waals surface area contributed by atoms with Gasteiger partial charge < -0.3 is 10.0 Å². The summed E-state index contributed by atoms with van der Waals surface area (Å²) in [6, 6.07) is -0.332. The lowest BCUT2D eigenvalue weighted by atomic mass is 10.0. The maximum atomic E-state index is 12.2. The quantitative estimate of drug-likeness (QED) is 0.364. The van der Waals surface area contributed by atoms with Crippen molar-refractivity contribution in [2.45, 2.75) is 57.9 Å². The van der Waals surface area contributed by atoms with E-state index in [1.165, 1.54) is 6.08 Å². The van der Waals surface area contributed by atoms with Gasteiger partial charge in [-0.15, -0.1) is 0 Å². The molecule has 0 aromatic heterocycles. The van der Waals surface area contributed by atoms with Crippen molar-refractivity contribution in [2.24, 2.45) is 0 Å². The van der Waals surface area contributed by atoms with Crippen molar-refractivity contribution in [3.8, 4) is 0 Å². The molecule has 0 bridgehead atoms. The van der Waals surface area contributed by atoms with E-state index in [9.17, 15) is 14.7 Å².